The first kappa shape index (κ1) is 20.0. The maximum atomic E-state index is 12.5. The van der Waals surface area contributed by atoms with Crippen molar-refractivity contribution >= 4 is 28.5 Å². The molecule has 6 heteroatoms. The molecule has 0 fully saturated rings. The van der Waals surface area contributed by atoms with Crippen LogP contribution < -0.4 is 10.1 Å². The van der Waals surface area contributed by atoms with E-state index in [-0.39, 0.29) is 5.91 Å². The number of hydrogen-bond acceptors (Lipinski definition) is 3. The Balaban J connectivity index is 1.49. The molecule has 5 nitrogen and oxygen atoms in total. The number of nitrogens with one attached hydrogen (secondary N) is 1. The van der Waals surface area contributed by atoms with Crippen molar-refractivity contribution < 1.29 is 9.53 Å². The molecule has 0 saturated heterocycles. The van der Waals surface area contributed by atoms with E-state index in [0.29, 0.717) is 30.3 Å². The second-order valence-electron chi connectivity index (χ2n) is 6.97. The Hall–Kier alpha value is -3.31. The Kier molecular flexibility index (Phi) is 6.00. The molecule has 30 heavy (non-hydrogen) atoms. The Morgan fingerprint density at radius 3 is 2.57 bits per heavy atom. The number of benzene rings is 3. The van der Waals surface area contributed by atoms with Crippen molar-refractivity contribution in [2.45, 2.75) is 20.0 Å². The van der Waals surface area contributed by atoms with Crippen molar-refractivity contribution in [3.8, 4) is 5.75 Å². The third-order valence-electron chi connectivity index (χ3n) is 4.91. The summed E-state index contributed by atoms with van der Waals surface area (Å²) < 4.78 is 8.06. The van der Waals surface area contributed by atoms with Crippen LogP contribution >= 0.6 is 11.6 Å². The minimum atomic E-state index is -0.165. The Morgan fingerprint density at radius 2 is 1.77 bits per heavy atom. The lowest BCUT2D eigenvalue weighted by atomic mass is 10.2. The number of halogens is 1. The van der Waals surface area contributed by atoms with Crippen molar-refractivity contribution in [2.24, 2.45) is 0 Å². The van der Waals surface area contributed by atoms with E-state index in [0.717, 1.165) is 28.2 Å². The summed E-state index contributed by atoms with van der Waals surface area (Å²) >= 11 is 5.90. The van der Waals surface area contributed by atoms with Crippen LogP contribution in [0.2, 0.25) is 5.02 Å². The van der Waals surface area contributed by atoms with E-state index < -0.39 is 0 Å². The van der Waals surface area contributed by atoms with Gasteiger partial charge in [-0.1, -0.05) is 41.9 Å². The fourth-order valence-corrected chi connectivity index (χ4v) is 3.46. The smallest absolute Gasteiger partial charge is 0.251 e. The number of carbonyl (C=O) groups is 1. The van der Waals surface area contributed by atoms with Crippen molar-refractivity contribution in [2.75, 3.05) is 6.61 Å². The van der Waals surface area contributed by atoms with Gasteiger partial charge in [-0.2, -0.15) is 0 Å². The van der Waals surface area contributed by atoms with Gasteiger partial charge in [0.1, 0.15) is 18.2 Å². The van der Waals surface area contributed by atoms with Gasteiger partial charge in [-0.25, -0.2) is 4.98 Å². The molecular formula is C24H22ClN3O2. The van der Waals surface area contributed by atoms with E-state index in [9.17, 15) is 4.79 Å². The van der Waals surface area contributed by atoms with Crippen LogP contribution in [0.5, 0.6) is 5.75 Å². The largest absolute Gasteiger partial charge is 0.491 e. The molecular weight excluding hydrogens is 398 g/mol. The molecule has 0 atom stereocenters. The molecule has 152 valence electrons. The van der Waals surface area contributed by atoms with Crippen LogP contribution in [0, 0.1) is 6.92 Å². The molecule has 0 aliphatic heterocycles. The van der Waals surface area contributed by atoms with Gasteiger partial charge >= 0.3 is 0 Å². The molecule has 0 saturated carbocycles. The number of fused-ring (bicyclic) bond motifs is 1. The summed E-state index contributed by atoms with van der Waals surface area (Å²) in [4.78, 5) is 17.2. The number of amides is 1. The molecule has 0 aliphatic rings. The van der Waals surface area contributed by atoms with Crippen LogP contribution in [0.25, 0.3) is 11.0 Å². The van der Waals surface area contributed by atoms with Crippen LogP contribution in [0.4, 0.5) is 0 Å². The first-order valence-corrected chi connectivity index (χ1v) is 10.2. The number of imidazole rings is 1. The van der Waals surface area contributed by atoms with E-state index in [1.54, 1.807) is 24.3 Å². The summed E-state index contributed by atoms with van der Waals surface area (Å²) in [7, 11) is 0. The third kappa shape index (κ3) is 4.47. The molecule has 1 heterocycles. The molecule has 0 spiro atoms. The molecule has 1 amide bonds. The Bertz CT molecular complexity index is 1170. The molecule has 1 aromatic heterocycles. The number of aryl methyl sites for hydroxylation is 1. The highest BCUT2D eigenvalue weighted by atomic mass is 35.5. The zero-order valence-electron chi connectivity index (χ0n) is 16.6. The van der Waals surface area contributed by atoms with Gasteiger partial charge < -0.3 is 14.6 Å². The molecule has 4 aromatic rings. The van der Waals surface area contributed by atoms with E-state index in [1.807, 2.05) is 55.5 Å². The van der Waals surface area contributed by atoms with Crippen LogP contribution in [0.3, 0.4) is 0 Å². The normalized spacial score (nSPS) is 10.9. The van der Waals surface area contributed by atoms with Crippen molar-refractivity contribution in [1.82, 2.24) is 14.9 Å². The Labute approximate surface area is 180 Å². The lowest BCUT2D eigenvalue weighted by Crippen LogP contribution is -2.25. The van der Waals surface area contributed by atoms with E-state index >= 15 is 0 Å². The highest BCUT2D eigenvalue weighted by Gasteiger charge is 2.13. The lowest BCUT2D eigenvalue weighted by molar-refractivity contribution is 0.0949. The van der Waals surface area contributed by atoms with Crippen LogP contribution in [-0.4, -0.2) is 22.1 Å². The van der Waals surface area contributed by atoms with E-state index in [4.69, 9.17) is 21.3 Å². The zero-order valence-corrected chi connectivity index (χ0v) is 17.4. The van der Waals surface area contributed by atoms with Crippen molar-refractivity contribution in [3.63, 3.8) is 0 Å². The quantitative estimate of drug-likeness (QED) is 0.458. The molecule has 0 radical (unpaired) electrons. The Morgan fingerprint density at radius 1 is 1.03 bits per heavy atom. The minimum Gasteiger partial charge on any atom is -0.491 e. The summed E-state index contributed by atoms with van der Waals surface area (Å²) in [6, 6.07) is 22.7. The standard InChI is InChI=1S/C24H22ClN3O2/c1-17-6-2-5-9-22(17)30-15-14-28-21-8-4-3-7-20(21)27-23(28)16-26-24(29)18-10-12-19(25)13-11-18/h2-13H,14-16H2,1H3,(H,26,29). The summed E-state index contributed by atoms with van der Waals surface area (Å²) in [6.07, 6.45) is 0. The molecule has 0 bridgehead atoms. The number of para-hydroxylation sites is 3. The number of nitrogens with zero attached hydrogens (tertiary/aromatic N) is 2. The predicted molar refractivity (Wildman–Crippen MR) is 119 cm³/mol. The van der Waals surface area contributed by atoms with Gasteiger partial charge in [0.25, 0.3) is 5.91 Å². The molecule has 4 rings (SSSR count). The van der Waals surface area contributed by atoms with E-state index in [1.165, 1.54) is 0 Å². The SMILES string of the molecule is Cc1ccccc1OCCn1c(CNC(=O)c2ccc(Cl)cc2)nc2ccccc21. The monoisotopic (exact) mass is 419 g/mol. The average molecular weight is 420 g/mol. The fraction of sp³-hybridized carbons (Fsp3) is 0.167. The average Bonchev–Trinajstić information content (AvgIpc) is 3.11. The summed E-state index contributed by atoms with van der Waals surface area (Å²) in [6.45, 7) is 3.48. The molecule has 1 N–H and O–H groups in total. The van der Waals surface area contributed by atoms with Gasteiger partial charge in [0.05, 0.1) is 24.1 Å². The molecule has 3 aromatic carbocycles. The van der Waals surface area contributed by atoms with E-state index in [2.05, 4.69) is 9.88 Å². The lowest BCUT2D eigenvalue weighted by Gasteiger charge is -2.12. The van der Waals surface area contributed by atoms with Gasteiger partial charge in [-0.15, -0.1) is 0 Å². The van der Waals surface area contributed by atoms with Gasteiger partial charge in [-0.05, 0) is 55.0 Å². The predicted octanol–water partition coefficient (Wildman–Crippen LogP) is 5.01. The van der Waals surface area contributed by atoms with Crippen LogP contribution in [0.1, 0.15) is 21.7 Å². The second-order valence-corrected chi connectivity index (χ2v) is 7.41. The van der Waals surface area contributed by atoms with Crippen LogP contribution in [-0.2, 0) is 13.1 Å². The van der Waals surface area contributed by atoms with Crippen LogP contribution in [0.15, 0.2) is 72.8 Å². The molecule has 0 unspecified atom stereocenters. The first-order valence-electron chi connectivity index (χ1n) is 9.78. The topological polar surface area (TPSA) is 56.1 Å². The summed E-state index contributed by atoms with van der Waals surface area (Å²) in [5.74, 6) is 1.49. The second kappa shape index (κ2) is 9.01. The minimum absolute atomic E-state index is 0.165. The maximum Gasteiger partial charge on any atom is 0.251 e. The van der Waals surface area contributed by atoms with Crippen molar-refractivity contribution in [3.05, 3.63) is 94.8 Å². The zero-order chi connectivity index (χ0) is 20.9. The third-order valence-corrected chi connectivity index (χ3v) is 5.17. The fourth-order valence-electron chi connectivity index (χ4n) is 3.34. The number of hydrogen-bond donors (Lipinski definition) is 1. The summed E-state index contributed by atoms with van der Waals surface area (Å²) in [5, 5.41) is 3.55. The summed E-state index contributed by atoms with van der Waals surface area (Å²) in [5.41, 5.74) is 3.57. The number of ether oxygens (including phenoxy) is 1. The van der Waals surface area contributed by atoms with Gasteiger partial charge in [0.15, 0.2) is 0 Å². The van der Waals surface area contributed by atoms with Gasteiger partial charge in [0, 0.05) is 10.6 Å². The first-order chi connectivity index (χ1) is 14.6. The number of carbonyl (C=O) groups excluding carboxylic acids is 1. The van der Waals surface area contributed by atoms with Gasteiger partial charge in [-0.3, -0.25) is 4.79 Å². The van der Waals surface area contributed by atoms with Gasteiger partial charge in [0.2, 0.25) is 0 Å². The number of aromatic nitrogens is 2. The molecule has 0 aliphatic carbocycles. The van der Waals surface area contributed by atoms with Crippen molar-refractivity contribution in [1.29, 1.82) is 0 Å². The maximum absolute atomic E-state index is 12.5. The number of rotatable bonds is 7. The highest BCUT2D eigenvalue weighted by Crippen LogP contribution is 2.19. The highest BCUT2D eigenvalue weighted by molar-refractivity contribution is 6.30.